The Labute approximate surface area is 67.0 Å². The first kappa shape index (κ1) is 8.47. The Morgan fingerprint density at radius 3 is 3.00 bits per heavy atom. The minimum atomic E-state index is -0.00870. The zero-order valence-corrected chi connectivity index (χ0v) is 7.08. The number of likely N-dealkylation sites (N-methyl/N-ethyl adjacent to an activating group) is 1. The Balaban J connectivity index is 2.74. The number of hydrogen-bond acceptors (Lipinski definition) is 1. The summed E-state index contributed by atoms with van der Waals surface area (Å²) in [5.41, 5.74) is 1.70. The fourth-order valence-electron chi connectivity index (χ4n) is 1.32. The van der Waals surface area contributed by atoms with Gasteiger partial charge in [-0.3, -0.25) is 0 Å². The molecule has 1 rings (SSSR count). The standard InChI is InChI=1S/C9H14FN/c1-7-4-3-5-8(6-11-2)9(7)10/h4,11H,3,5-6H2,1-2H3. The van der Waals surface area contributed by atoms with Gasteiger partial charge in [0.05, 0.1) is 0 Å². The van der Waals surface area contributed by atoms with E-state index in [9.17, 15) is 4.39 Å². The average Bonchev–Trinajstić information content (AvgIpc) is 1.99. The predicted octanol–water partition coefficient (Wildman–Crippen LogP) is 2.17. The maximum absolute atomic E-state index is 13.2. The van der Waals surface area contributed by atoms with E-state index in [0.717, 1.165) is 24.0 Å². The van der Waals surface area contributed by atoms with E-state index in [2.05, 4.69) is 5.32 Å². The highest BCUT2D eigenvalue weighted by Crippen LogP contribution is 2.24. The third-order valence-electron chi connectivity index (χ3n) is 1.94. The molecule has 1 nitrogen and oxygen atoms in total. The average molecular weight is 155 g/mol. The van der Waals surface area contributed by atoms with E-state index in [0.29, 0.717) is 6.54 Å². The molecule has 0 heterocycles. The van der Waals surface area contributed by atoms with Crippen molar-refractivity contribution in [1.82, 2.24) is 5.32 Å². The van der Waals surface area contributed by atoms with Crippen LogP contribution in [0.3, 0.4) is 0 Å². The molecule has 0 bridgehead atoms. The second-order valence-electron chi connectivity index (χ2n) is 2.87. The molecule has 0 atom stereocenters. The second-order valence-corrected chi connectivity index (χ2v) is 2.87. The molecule has 0 radical (unpaired) electrons. The minimum absolute atomic E-state index is 0.00870. The lowest BCUT2D eigenvalue weighted by atomic mass is 9.99. The van der Waals surface area contributed by atoms with Crippen LogP contribution in [0, 0.1) is 0 Å². The highest BCUT2D eigenvalue weighted by Gasteiger charge is 2.11. The summed E-state index contributed by atoms with van der Waals surface area (Å²) >= 11 is 0. The van der Waals surface area contributed by atoms with Gasteiger partial charge in [-0.1, -0.05) is 6.08 Å². The van der Waals surface area contributed by atoms with Crippen molar-refractivity contribution in [2.75, 3.05) is 13.6 Å². The largest absolute Gasteiger partial charge is 0.316 e. The van der Waals surface area contributed by atoms with Gasteiger partial charge in [0.25, 0.3) is 0 Å². The first-order chi connectivity index (χ1) is 5.25. The fourth-order valence-corrected chi connectivity index (χ4v) is 1.32. The van der Waals surface area contributed by atoms with E-state index in [1.165, 1.54) is 0 Å². The molecular formula is C9H14FN. The van der Waals surface area contributed by atoms with Gasteiger partial charge >= 0.3 is 0 Å². The molecule has 11 heavy (non-hydrogen) atoms. The van der Waals surface area contributed by atoms with Crippen LogP contribution in [0.2, 0.25) is 0 Å². The summed E-state index contributed by atoms with van der Waals surface area (Å²) in [4.78, 5) is 0. The van der Waals surface area contributed by atoms with Crippen LogP contribution in [0.5, 0.6) is 0 Å². The first-order valence-corrected chi connectivity index (χ1v) is 3.95. The minimum Gasteiger partial charge on any atom is -0.316 e. The van der Waals surface area contributed by atoms with Crippen molar-refractivity contribution in [1.29, 1.82) is 0 Å². The third-order valence-corrected chi connectivity index (χ3v) is 1.94. The monoisotopic (exact) mass is 155 g/mol. The zero-order chi connectivity index (χ0) is 8.27. The Hall–Kier alpha value is -0.630. The summed E-state index contributed by atoms with van der Waals surface area (Å²) in [5, 5.41) is 2.96. The summed E-state index contributed by atoms with van der Waals surface area (Å²) < 4.78 is 13.2. The van der Waals surface area contributed by atoms with E-state index < -0.39 is 0 Å². The molecule has 0 aromatic rings. The van der Waals surface area contributed by atoms with Crippen LogP contribution in [0.4, 0.5) is 4.39 Å². The Bertz CT molecular complexity index is 204. The van der Waals surface area contributed by atoms with E-state index in [1.807, 2.05) is 20.0 Å². The van der Waals surface area contributed by atoms with Gasteiger partial charge in [0.2, 0.25) is 0 Å². The second kappa shape index (κ2) is 3.67. The quantitative estimate of drug-likeness (QED) is 0.644. The molecule has 0 aromatic heterocycles. The van der Waals surface area contributed by atoms with Gasteiger partial charge in [0.1, 0.15) is 5.83 Å². The van der Waals surface area contributed by atoms with Crippen LogP contribution < -0.4 is 5.32 Å². The molecule has 0 unspecified atom stereocenters. The van der Waals surface area contributed by atoms with Crippen LogP contribution in [-0.4, -0.2) is 13.6 Å². The van der Waals surface area contributed by atoms with Crippen molar-refractivity contribution in [2.24, 2.45) is 0 Å². The van der Waals surface area contributed by atoms with Crippen molar-refractivity contribution in [3.63, 3.8) is 0 Å². The maximum Gasteiger partial charge on any atom is 0.126 e. The van der Waals surface area contributed by atoms with Crippen molar-refractivity contribution in [3.8, 4) is 0 Å². The molecule has 0 aromatic carbocycles. The van der Waals surface area contributed by atoms with E-state index in [1.54, 1.807) is 0 Å². The van der Waals surface area contributed by atoms with Gasteiger partial charge in [0, 0.05) is 6.54 Å². The summed E-state index contributed by atoms with van der Waals surface area (Å²) in [5.74, 6) is -0.00870. The van der Waals surface area contributed by atoms with Crippen LogP contribution in [0.15, 0.2) is 23.0 Å². The summed E-state index contributed by atoms with van der Waals surface area (Å²) in [6.07, 6.45) is 3.80. The zero-order valence-electron chi connectivity index (χ0n) is 7.08. The number of allylic oxidation sites excluding steroid dienone is 3. The highest BCUT2D eigenvalue weighted by atomic mass is 19.1. The topological polar surface area (TPSA) is 12.0 Å². The Morgan fingerprint density at radius 2 is 2.36 bits per heavy atom. The molecule has 1 aliphatic rings. The molecule has 2 heteroatoms. The van der Waals surface area contributed by atoms with Crippen molar-refractivity contribution < 1.29 is 4.39 Å². The molecule has 62 valence electrons. The van der Waals surface area contributed by atoms with Crippen LogP contribution >= 0.6 is 0 Å². The lowest BCUT2D eigenvalue weighted by Crippen LogP contribution is -2.13. The number of rotatable bonds is 2. The van der Waals surface area contributed by atoms with Gasteiger partial charge in [-0.25, -0.2) is 4.39 Å². The molecule has 1 N–H and O–H groups in total. The molecule has 0 saturated carbocycles. The molecule has 0 amide bonds. The van der Waals surface area contributed by atoms with E-state index in [-0.39, 0.29) is 5.83 Å². The van der Waals surface area contributed by atoms with E-state index in [4.69, 9.17) is 0 Å². The van der Waals surface area contributed by atoms with Crippen LogP contribution in [-0.2, 0) is 0 Å². The van der Waals surface area contributed by atoms with Gasteiger partial charge in [-0.2, -0.15) is 0 Å². The van der Waals surface area contributed by atoms with Crippen molar-refractivity contribution in [3.05, 3.63) is 23.0 Å². The van der Waals surface area contributed by atoms with Gasteiger partial charge in [-0.15, -0.1) is 0 Å². The van der Waals surface area contributed by atoms with Crippen molar-refractivity contribution in [2.45, 2.75) is 19.8 Å². The van der Waals surface area contributed by atoms with Gasteiger partial charge in [-0.05, 0) is 38.0 Å². The van der Waals surface area contributed by atoms with E-state index >= 15 is 0 Å². The molecule has 0 spiro atoms. The van der Waals surface area contributed by atoms with Gasteiger partial charge < -0.3 is 5.32 Å². The van der Waals surface area contributed by atoms with Crippen molar-refractivity contribution >= 4 is 0 Å². The first-order valence-electron chi connectivity index (χ1n) is 3.95. The number of hydrogen-bond donors (Lipinski definition) is 1. The molecule has 1 aliphatic carbocycles. The smallest absolute Gasteiger partial charge is 0.126 e. The highest BCUT2D eigenvalue weighted by molar-refractivity contribution is 5.32. The predicted molar refractivity (Wildman–Crippen MR) is 45.1 cm³/mol. The summed E-state index contributed by atoms with van der Waals surface area (Å²) in [6.45, 7) is 2.50. The molecule has 0 saturated heterocycles. The summed E-state index contributed by atoms with van der Waals surface area (Å²) in [6, 6.07) is 0. The fraction of sp³-hybridized carbons (Fsp3) is 0.556. The van der Waals surface area contributed by atoms with Crippen LogP contribution in [0.25, 0.3) is 0 Å². The normalized spacial score (nSPS) is 18.6. The Kier molecular flexibility index (Phi) is 2.83. The number of nitrogens with one attached hydrogen (secondary N) is 1. The Morgan fingerprint density at radius 1 is 1.64 bits per heavy atom. The maximum atomic E-state index is 13.2. The SMILES string of the molecule is CNCC1=C(F)C(C)=CCC1. The third kappa shape index (κ3) is 1.90. The number of halogens is 1. The lowest BCUT2D eigenvalue weighted by molar-refractivity contribution is 0.606. The molecule has 0 aliphatic heterocycles. The van der Waals surface area contributed by atoms with Gasteiger partial charge in [0.15, 0.2) is 0 Å². The molecular weight excluding hydrogens is 141 g/mol. The summed E-state index contributed by atoms with van der Waals surface area (Å²) in [7, 11) is 1.84. The lowest BCUT2D eigenvalue weighted by Gasteiger charge is -2.13. The van der Waals surface area contributed by atoms with Crippen LogP contribution in [0.1, 0.15) is 19.8 Å². The molecule has 0 fully saturated rings.